The van der Waals surface area contributed by atoms with Gasteiger partial charge in [-0.05, 0) is 43.5 Å². The number of ether oxygens (including phenoxy) is 1. The van der Waals surface area contributed by atoms with Crippen LogP contribution in [0, 0.1) is 5.92 Å². The molecule has 3 amide bonds. The number of nitrogens with one attached hydrogen (secondary N) is 2. The van der Waals surface area contributed by atoms with Gasteiger partial charge in [0.1, 0.15) is 5.75 Å². The molecule has 1 saturated heterocycles. The van der Waals surface area contributed by atoms with Gasteiger partial charge in [-0.2, -0.15) is 0 Å². The van der Waals surface area contributed by atoms with Crippen LogP contribution in [0.4, 0.5) is 10.5 Å². The molecule has 6 nitrogen and oxygen atoms in total. The molecule has 0 radical (unpaired) electrons. The van der Waals surface area contributed by atoms with Gasteiger partial charge in [-0.25, -0.2) is 4.79 Å². The molecule has 6 heteroatoms. The van der Waals surface area contributed by atoms with E-state index in [0.717, 1.165) is 17.9 Å². The van der Waals surface area contributed by atoms with E-state index in [2.05, 4.69) is 24.5 Å². The van der Waals surface area contributed by atoms with Crippen LogP contribution in [0.15, 0.2) is 24.3 Å². The van der Waals surface area contributed by atoms with Crippen molar-refractivity contribution in [2.45, 2.75) is 39.7 Å². The van der Waals surface area contributed by atoms with E-state index in [1.54, 1.807) is 4.90 Å². The molecule has 2 rings (SSSR count). The van der Waals surface area contributed by atoms with Gasteiger partial charge in [0, 0.05) is 25.2 Å². The summed E-state index contributed by atoms with van der Waals surface area (Å²) in [4.78, 5) is 25.8. The summed E-state index contributed by atoms with van der Waals surface area (Å²) in [5, 5.41) is 5.71. The molecule has 1 atom stereocenters. The normalized spacial score (nSPS) is 17.2. The predicted octanol–water partition coefficient (Wildman–Crippen LogP) is 2.54. The van der Waals surface area contributed by atoms with E-state index in [0.29, 0.717) is 32.0 Å². The molecule has 1 heterocycles. The fraction of sp³-hybridized carbons (Fsp3) is 0.556. The Hall–Kier alpha value is -2.24. The predicted molar refractivity (Wildman–Crippen MR) is 94.4 cm³/mol. The van der Waals surface area contributed by atoms with Gasteiger partial charge in [-0.1, -0.05) is 13.8 Å². The van der Waals surface area contributed by atoms with E-state index in [9.17, 15) is 9.59 Å². The minimum Gasteiger partial charge on any atom is -0.494 e. The molecule has 0 aromatic heterocycles. The van der Waals surface area contributed by atoms with Crippen molar-refractivity contribution in [2.75, 3.05) is 24.6 Å². The quantitative estimate of drug-likeness (QED) is 0.805. The molecule has 0 saturated carbocycles. The average Bonchev–Trinajstić information content (AvgIpc) is 2.88. The standard InChI is InChI=1S/C18H27N3O3/c1-4-24-16-7-5-15(6-8-16)21-12-14(11-17(21)22)20-18(23)19-10-9-13(2)3/h5-8,13-14H,4,9-12H2,1-3H3,(H2,19,20,23). The first-order valence-corrected chi connectivity index (χ1v) is 8.57. The maximum absolute atomic E-state index is 12.2. The molecule has 1 aromatic carbocycles. The Morgan fingerprint density at radius 1 is 1.33 bits per heavy atom. The number of rotatable bonds is 7. The smallest absolute Gasteiger partial charge is 0.315 e. The third-order valence-electron chi connectivity index (χ3n) is 3.93. The van der Waals surface area contributed by atoms with E-state index >= 15 is 0 Å². The molecule has 2 N–H and O–H groups in total. The maximum Gasteiger partial charge on any atom is 0.315 e. The number of carbonyl (C=O) groups is 2. The number of carbonyl (C=O) groups excluding carboxylic acids is 2. The van der Waals surface area contributed by atoms with Crippen LogP contribution in [0.2, 0.25) is 0 Å². The molecule has 1 aliphatic heterocycles. The minimum absolute atomic E-state index is 0.0200. The molecular formula is C18H27N3O3. The van der Waals surface area contributed by atoms with Crippen LogP contribution in [-0.4, -0.2) is 37.7 Å². The highest BCUT2D eigenvalue weighted by Gasteiger charge is 2.31. The first kappa shape index (κ1) is 18.1. The molecule has 1 aliphatic rings. The summed E-state index contributed by atoms with van der Waals surface area (Å²) in [5.41, 5.74) is 0.827. The van der Waals surface area contributed by atoms with E-state index in [-0.39, 0.29) is 18.0 Å². The highest BCUT2D eigenvalue weighted by atomic mass is 16.5. The summed E-state index contributed by atoms with van der Waals surface area (Å²) in [6, 6.07) is 7.07. The topological polar surface area (TPSA) is 70.7 Å². The third-order valence-corrected chi connectivity index (χ3v) is 3.93. The Morgan fingerprint density at radius 3 is 2.67 bits per heavy atom. The lowest BCUT2D eigenvalue weighted by Crippen LogP contribution is -2.43. The fourth-order valence-corrected chi connectivity index (χ4v) is 2.65. The van der Waals surface area contributed by atoms with Crippen LogP contribution in [0.5, 0.6) is 5.75 Å². The molecule has 0 bridgehead atoms. The SMILES string of the molecule is CCOc1ccc(N2CC(NC(=O)NCCC(C)C)CC2=O)cc1. The minimum atomic E-state index is -0.206. The van der Waals surface area contributed by atoms with Gasteiger partial charge >= 0.3 is 6.03 Å². The second kappa shape index (κ2) is 8.57. The van der Waals surface area contributed by atoms with Crippen molar-refractivity contribution in [1.82, 2.24) is 10.6 Å². The van der Waals surface area contributed by atoms with Gasteiger partial charge in [0.25, 0.3) is 0 Å². The van der Waals surface area contributed by atoms with Gasteiger partial charge in [0.05, 0.1) is 12.6 Å². The van der Waals surface area contributed by atoms with E-state index in [1.807, 2.05) is 31.2 Å². The number of benzene rings is 1. The van der Waals surface area contributed by atoms with Crippen molar-refractivity contribution >= 4 is 17.6 Å². The van der Waals surface area contributed by atoms with Gasteiger partial charge in [-0.3, -0.25) is 4.79 Å². The number of anilines is 1. The molecule has 0 spiro atoms. The second-order valence-electron chi connectivity index (χ2n) is 6.42. The van der Waals surface area contributed by atoms with Crippen molar-refractivity contribution in [3.05, 3.63) is 24.3 Å². The van der Waals surface area contributed by atoms with Crippen molar-refractivity contribution in [1.29, 1.82) is 0 Å². The number of amides is 3. The summed E-state index contributed by atoms with van der Waals surface area (Å²) >= 11 is 0. The first-order valence-electron chi connectivity index (χ1n) is 8.57. The Bertz CT molecular complexity index is 557. The van der Waals surface area contributed by atoms with Crippen LogP contribution in [0.1, 0.15) is 33.6 Å². The molecule has 1 unspecified atom stereocenters. The zero-order valence-electron chi connectivity index (χ0n) is 14.7. The summed E-state index contributed by atoms with van der Waals surface area (Å²) in [6.45, 7) is 7.91. The third kappa shape index (κ3) is 5.15. The summed E-state index contributed by atoms with van der Waals surface area (Å²) in [5.74, 6) is 1.35. The lowest BCUT2D eigenvalue weighted by molar-refractivity contribution is -0.117. The first-order chi connectivity index (χ1) is 11.5. The zero-order chi connectivity index (χ0) is 17.5. The second-order valence-corrected chi connectivity index (χ2v) is 6.42. The Kier molecular flexibility index (Phi) is 6.46. The van der Waals surface area contributed by atoms with Crippen molar-refractivity contribution in [3.63, 3.8) is 0 Å². The van der Waals surface area contributed by atoms with Gasteiger partial charge < -0.3 is 20.3 Å². The number of hydrogen-bond acceptors (Lipinski definition) is 3. The van der Waals surface area contributed by atoms with Crippen molar-refractivity contribution in [2.24, 2.45) is 5.92 Å². The van der Waals surface area contributed by atoms with Gasteiger partial charge in [0.2, 0.25) is 5.91 Å². The number of nitrogens with zero attached hydrogens (tertiary/aromatic N) is 1. The van der Waals surface area contributed by atoms with Gasteiger partial charge in [0.15, 0.2) is 0 Å². The molecule has 24 heavy (non-hydrogen) atoms. The Labute approximate surface area is 143 Å². The molecule has 0 aliphatic carbocycles. The van der Waals surface area contributed by atoms with Crippen molar-refractivity contribution in [3.8, 4) is 5.75 Å². The Balaban J connectivity index is 1.85. The Morgan fingerprint density at radius 2 is 2.04 bits per heavy atom. The van der Waals surface area contributed by atoms with Crippen LogP contribution in [0.25, 0.3) is 0 Å². The fourth-order valence-electron chi connectivity index (χ4n) is 2.65. The highest BCUT2D eigenvalue weighted by molar-refractivity contribution is 5.96. The highest BCUT2D eigenvalue weighted by Crippen LogP contribution is 2.24. The largest absolute Gasteiger partial charge is 0.494 e. The molecule has 132 valence electrons. The van der Waals surface area contributed by atoms with Crippen molar-refractivity contribution < 1.29 is 14.3 Å². The monoisotopic (exact) mass is 333 g/mol. The molecule has 1 fully saturated rings. The van der Waals surface area contributed by atoms with E-state index < -0.39 is 0 Å². The number of hydrogen-bond donors (Lipinski definition) is 2. The molecular weight excluding hydrogens is 306 g/mol. The summed E-state index contributed by atoms with van der Waals surface area (Å²) < 4.78 is 5.41. The van der Waals surface area contributed by atoms with E-state index in [1.165, 1.54) is 0 Å². The average molecular weight is 333 g/mol. The van der Waals surface area contributed by atoms with Crippen LogP contribution in [-0.2, 0) is 4.79 Å². The number of urea groups is 1. The summed E-state index contributed by atoms with van der Waals surface area (Å²) in [6.07, 6.45) is 1.26. The molecule has 1 aromatic rings. The van der Waals surface area contributed by atoms with Crippen LogP contribution in [0.3, 0.4) is 0 Å². The van der Waals surface area contributed by atoms with Gasteiger partial charge in [-0.15, -0.1) is 0 Å². The lowest BCUT2D eigenvalue weighted by Gasteiger charge is -2.18. The summed E-state index contributed by atoms with van der Waals surface area (Å²) in [7, 11) is 0. The zero-order valence-corrected chi connectivity index (χ0v) is 14.7. The van der Waals surface area contributed by atoms with Crippen LogP contribution >= 0.6 is 0 Å². The lowest BCUT2D eigenvalue weighted by atomic mass is 10.1. The maximum atomic E-state index is 12.2. The van der Waals surface area contributed by atoms with Crippen LogP contribution < -0.4 is 20.3 Å². The van der Waals surface area contributed by atoms with E-state index in [4.69, 9.17) is 4.74 Å².